The van der Waals surface area contributed by atoms with Crippen LogP contribution in [0.15, 0.2) is 0 Å². The van der Waals surface area contributed by atoms with Crippen LogP contribution in [0.5, 0.6) is 0 Å². The minimum Gasteiger partial charge on any atom is -0.379 e. The largest absolute Gasteiger partial charge is 0.379 e. The van der Waals surface area contributed by atoms with Crippen molar-refractivity contribution < 1.29 is 4.74 Å². The molecule has 0 aromatic rings. The molecule has 4 aliphatic carbocycles. The van der Waals surface area contributed by atoms with Gasteiger partial charge < -0.3 is 10.1 Å². The molecule has 0 saturated heterocycles. The molecule has 2 nitrogen and oxygen atoms in total. The maximum absolute atomic E-state index is 5.62. The Morgan fingerprint density at radius 3 is 2.05 bits per heavy atom. The van der Waals surface area contributed by atoms with Crippen molar-refractivity contribution in [3.05, 3.63) is 0 Å². The summed E-state index contributed by atoms with van der Waals surface area (Å²) in [6, 6.07) is 0.719. The van der Waals surface area contributed by atoms with Crippen molar-refractivity contribution in [2.45, 2.75) is 84.3 Å². The number of rotatable bonds is 8. The van der Waals surface area contributed by atoms with Gasteiger partial charge in [0.05, 0.1) is 6.10 Å². The second-order valence-corrected chi connectivity index (χ2v) is 8.58. The third-order valence-corrected chi connectivity index (χ3v) is 6.48. The van der Waals surface area contributed by atoms with Crippen LogP contribution in [0.2, 0.25) is 0 Å². The van der Waals surface area contributed by atoms with Gasteiger partial charge in [-0.1, -0.05) is 0 Å². The standard InChI is InChI=1S/C19H35NO/c1-14(2)21-7-5-4-6-20-15(3)19-11-16-8-17(12-19)10-18(9-16)13-19/h14-18,20H,4-13H2,1-3H3. The summed E-state index contributed by atoms with van der Waals surface area (Å²) in [7, 11) is 0. The molecule has 0 aromatic carbocycles. The molecular formula is C19H35NO. The van der Waals surface area contributed by atoms with Gasteiger partial charge in [0.25, 0.3) is 0 Å². The fraction of sp³-hybridized carbons (Fsp3) is 1.00. The van der Waals surface area contributed by atoms with E-state index in [2.05, 4.69) is 26.1 Å². The zero-order valence-electron chi connectivity index (χ0n) is 14.4. The Bertz CT molecular complexity index is 303. The molecule has 0 heterocycles. The van der Waals surface area contributed by atoms with E-state index in [1.54, 1.807) is 19.3 Å². The second-order valence-electron chi connectivity index (χ2n) is 8.58. The van der Waals surface area contributed by atoms with Crippen LogP contribution < -0.4 is 5.32 Å². The van der Waals surface area contributed by atoms with Crippen LogP contribution in [0.25, 0.3) is 0 Å². The van der Waals surface area contributed by atoms with E-state index < -0.39 is 0 Å². The van der Waals surface area contributed by atoms with Crippen LogP contribution in [-0.2, 0) is 4.74 Å². The summed E-state index contributed by atoms with van der Waals surface area (Å²) < 4.78 is 5.62. The average Bonchev–Trinajstić information content (AvgIpc) is 2.40. The minimum atomic E-state index is 0.379. The molecule has 21 heavy (non-hydrogen) atoms. The van der Waals surface area contributed by atoms with Crippen LogP contribution in [0.1, 0.15) is 72.1 Å². The van der Waals surface area contributed by atoms with Gasteiger partial charge in [-0.2, -0.15) is 0 Å². The predicted molar refractivity (Wildman–Crippen MR) is 88.4 cm³/mol. The lowest BCUT2D eigenvalue weighted by molar-refractivity contribution is -0.0703. The summed E-state index contributed by atoms with van der Waals surface area (Å²) >= 11 is 0. The highest BCUT2D eigenvalue weighted by Crippen LogP contribution is 2.61. The van der Waals surface area contributed by atoms with Crippen molar-refractivity contribution in [1.29, 1.82) is 0 Å². The normalized spacial score (nSPS) is 39.1. The highest BCUT2D eigenvalue weighted by molar-refractivity contribution is 5.05. The second kappa shape index (κ2) is 6.58. The molecule has 1 N–H and O–H groups in total. The van der Waals surface area contributed by atoms with E-state index in [0.717, 1.165) is 30.4 Å². The van der Waals surface area contributed by atoms with Gasteiger partial charge in [-0.15, -0.1) is 0 Å². The summed E-state index contributed by atoms with van der Waals surface area (Å²) in [4.78, 5) is 0. The highest BCUT2D eigenvalue weighted by Gasteiger charge is 2.52. The van der Waals surface area contributed by atoms with E-state index in [9.17, 15) is 0 Å². The van der Waals surface area contributed by atoms with Crippen molar-refractivity contribution in [2.75, 3.05) is 13.2 Å². The van der Waals surface area contributed by atoms with Gasteiger partial charge in [0.15, 0.2) is 0 Å². The zero-order valence-corrected chi connectivity index (χ0v) is 14.4. The number of hydrogen-bond donors (Lipinski definition) is 1. The smallest absolute Gasteiger partial charge is 0.0518 e. The molecule has 1 unspecified atom stereocenters. The predicted octanol–water partition coefficient (Wildman–Crippen LogP) is 4.39. The Balaban J connectivity index is 1.40. The van der Waals surface area contributed by atoms with Crippen molar-refractivity contribution in [1.82, 2.24) is 5.32 Å². The van der Waals surface area contributed by atoms with Crippen LogP contribution in [0, 0.1) is 23.2 Å². The molecule has 4 aliphatic rings. The Labute approximate surface area is 131 Å². The average molecular weight is 293 g/mol. The summed E-state index contributed by atoms with van der Waals surface area (Å²) in [6.45, 7) is 8.80. The van der Waals surface area contributed by atoms with Gasteiger partial charge in [-0.05, 0) is 102 Å². The Morgan fingerprint density at radius 1 is 0.952 bits per heavy atom. The maximum atomic E-state index is 5.62. The van der Waals surface area contributed by atoms with Gasteiger partial charge >= 0.3 is 0 Å². The first kappa shape index (κ1) is 15.8. The molecular weight excluding hydrogens is 258 g/mol. The summed E-state index contributed by atoms with van der Waals surface area (Å²) in [5.41, 5.74) is 0.656. The van der Waals surface area contributed by atoms with Crippen molar-refractivity contribution >= 4 is 0 Å². The van der Waals surface area contributed by atoms with E-state index >= 15 is 0 Å². The van der Waals surface area contributed by atoms with E-state index in [0.29, 0.717) is 11.5 Å². The molecule has 0 radical (unpaired) electrons. The third kappa shape index (κ3) is 3.64. The summed E-state index contributed by atoms with van der Waals surface area (Å²) in [5, 5.41) is 3.87. The third-order valence-electron chi connectivity index (χ3n) is 6.48. The molecule has 122 valence electrons. The van der Waals surface area contributed by atoms with Crippen molar-refractivity contribution in [2.24, 2.45) is 23.2 Å². The number of hydrogen-bond acceptors (Lipinski definition) is 2. The number of nitrogens with one attached hydrogen (secondary N) is 1. The lowest BCUT2D eigenvalue weighted by Crippen LogP contribution is -2.54. The molecule has 0 spiro atoms. The van der Waals surface area contributed by atoms with Gasteiger partial charge in [-0.25, -0.2) is 0 Å². The summed E-state index contributed by atoms with van der Waals surface area (Å²) in [6.07, 6.45) is 12.0. The highest BCUT2D eigenvalue weighted by atomic mass is 16.5. The first-order valence-electron chi connectivity index (χ1n) is 9.42. The SMILES string of the molecule is CC(C)OCCCCNC(C)C12CC3CC(CC(C3)C1)C2. The van der Waals surface area contributed by atoms with Gasteiger partial charge in [0.1, 0.15) is 0 Å². The van der Waals surface area contributed by atoms with Crippen LogP contribution >= 0.6 is 0 Å². The Hall–Kier alpha value is -0.0800. The lowest BCUT2D eigenvalue weighted by atomic mass is 9.48. The Kier molecular flexibility index (Phi) is 4.95. The van der Waals surface area contributed by atoms with Crippen LogP contribution in [0.3, 0.4) is 0 Å². The number of unbranched alkanes of at least 4 members (excludes halogenated alkanes) is 1. The van der Waals surface area contributed by atoms with Crippen molar-refractivity contribution in [3.8, 4) is 0 Å². The van der Waals surface area contributed by atoms with E-state index in [1.807, 2.05) is 0 Å². The maximum Gasteiger partial charge on any atom is 0.0518 e. The van der Waals surface area contributed by atoms with E-state index in [1.165, 1.54) is 38.6 Å². The summed E-state index contributed by atoms with van der Waals surface area (Å²) in [5.74, 6) is 3.21. The molecule has 4 fully saturated rings. The fourth-order valence-corrected chi connectivity index (χ4v) is 5.79. The Morgan fingerprint density at radius 2 is 1.52 bits per heavy atom. The molecule has 0 aliphatic heterocycles. The molecule has 0 aromatic heterocycles. The monoisotopic (exact) mass is 293 g/mol. The number of ether oxygens (including phenoxy) is 1. The molecule has 1 atom stereocenters. The first-order chi connectivity index (χ1) is 10.1. The van der Waals surface area contributed by atoms with Gasteiger partial charge in [-0.3, -0.25) is 0 Å². The fourth-order valence-electron chi connectivity index (χ4n) is 5.79. The van der Waals surface area contributed by atoms with Crippen LogP contribution in [0.4, 0.5) is 0 Å². The quantitative estimate of drug-likeness (QED) is 0.670. The molecule has 2 heteroatoms. The zero-order chi connectivity index (χ0) is 14.9. The van der Waals surface area contributed by atoms with E-state index in [4.69, 9.17) is 4.74 Å². The van der Waals surface area contributed by atoms with Gasteiger partial charge in [0.2, 0.25) is 0 Å². The van der Waals surface area contributed by atoms with Crippen molar-refractivity contribution in [3.63, 3.8) is 0 Å². The molecule has 4 rings (SSSR count). The van der Waals surface area contributed by atoms with Crippen LogP contribution in [-0.4, -0.2) is 25.3 Å². The topological polar surface area (TPSA) is 21.3 Å². The molecule has 4 saturated carbocycles. The lowest BCUT2D eigenvalue weighted by Gasteiger charge is -2.59. The molecule has 4 bridgehead atoms. The van der Waals surface area contributed by atoms with E-state index in [-0.39, 0.29) is 0 Å². The van der Waals surface area contributed by atoms with Gasteiger partial charge in [0, 0.05) is 12.6 Å². The molecule has 0 amide bonds. The first-order valence-corrected chi connectivity index (χ1v) is 9.42. The minimum absolute atomic E-state index is 0.379.